The minimum absolute atomic E-state index is 0. The zero-order valence-corrected chi connectivity index (χ0v) is 12.2. The van der Waals surface area contributed by atoms with Crippen LogP contribution in [0, 0.1) is 17.5 Å². The van der Waals surface area contributed by atoms with E-state index >= 15 is 0 Å². The summed E-state index contributed by atoms with van der Waals surface area (Å²) >= 11 is 0. The Bertz CT molecular complexity index is 539. The third kappa shape index (κ3) is 6.20. The fourth-order valence-electron chi connectivity index (χ4n) is 1.61. The molecule has 124 valence electrons. The van der Waals surface area contributed by atoms with E-state index in [2.05, 4.69) is 11.9 Å². The van der Waals surface area contributed by atoms with Gasteiger partial charge in [0.15, 0.2) is 11.6 Å². The fraction of sp³-hybridized carbons (Fsp3) is 0.438. The number of hydrogen-bond donors (Lipinski definition) is 1. The molecule has 3 nitrogen and oxygen atoms in total. The van der Waals surface area contributed by atoms with Crippen LogP contribution in [0.2, 0.25) is 0 Å². The van der Waals surface area contributed by atoms with E-state index in [4.69, 9.17) is 4.74 Å². The Morgan fingerprint density at radius 2 is 1.82 bits per heavy atom. The highest BCUT2D eigenvalue weighted by Gasteiger charge is 2.19. The van der Waals surface area contributed by atoms with Crippen molar-refractivity contribution in [3.05, 3.63) is 47.8 Å². The molecule has 0 radical (unpaired) electrons. The average Bonchev–Trinajstić information content (AvgIpc) is 2.32. The van der Waals surface area contributed by atoms with Crippen LogP contribution < -0.4 is 5.32 Å². The van der Waals surface area contributed by atoms with E-state index in [9.17, 15) is 18.0 Å². The molecule has 0 heterocycles. The first-order valence-corrected chi connectivity index (χ1v) is 6.38. The molecular weight excluding hydrogens is 295 g/mol. The van der Waals surface area contributed by atoms with Crippen LogP contribution >= 0.6 is 0 Å². The van der Waals surface area contributed by atoms with Crippen molar-refractivity contribution >= 4 is 6.09 Å². The van der Waals surface area contributed by atoms with Gasteiger partial charge < -0.3 is 10.1 Å². The van der Waals surface area contributed by atoms with Crippen molar-refractivity contribution in [3.63, 3.8) is 0 Å². The van der Waals surface area contributed by atoms with Gasteiger partial charge in [0.05, 0.1) is 6.04 Å². The average molecular weight is 317 g/mol. The molecule has 1 aromatic rings. The van der Waals surface area contributed by atoms with E-state index < -0.39 is 35.2 Å². The zero-order valence-electron chi connectivity index (χ0n) is 12.2. The smallest absolute Gasteiger partial charge is 0.408 e. The molecule has 1 unspecified atom stereocenters. The molecule has 0 aromatic heterocycles. The number of hydrogen-bond acceptors (Lipinski definition) is 2. The monoisotopic (exact) mass is 317 g/mol. The molecular formula is C16H22F3NO2. The van der Waals surface area contributed by atoms with Crippen LogP contribution in [-0.4, -0.2) is 17.7 Å². The summed E-state index contributed by atoms with van der Waals surface area (Å²) in [6, 6.07) is 0.565. The van der Waals surface area contributed by atoms with Crippen molar-refractivity contribution in [3.8, 4) is 0 Å². The summed E-state index contributed by atoms with van der Waals surface area (Å²) in [5, 5.41) is 2.47. The number of carbonyl (C=O) groups is 1. The van der Waals surface area contributed by atoms with E-state index in [0.717, 1.165) is 6.07 Å². The number of rotatable bonds is 4. The van der Waals surface area contributed by atoms with Gasteiger partial charge in [-0.3, -0.25) is 0 Å². The lowest BCUT2D eigenvalue weighted by Gasteiger charge is -2.22. The number of amides is 1. The summed E-state index contributed by atoms with van der Waals surface area (Å²) in [5.74, 6) is -3.29. The van der Waals surface area contributed by atoms with Crippen LogP contribution in [0.15, 0.2) is 24.8 Å². The maximum absolute atomic E-state index is 13.6. The molecule has 1 atom stereocenters. The fourth-order valence-corrected chi connectivity index (χ4v) is 1.61. The van der Waals surface area contributed by atoms with Crippen molar-refractivity contribution in [2.24, 2.45) is 0 Å². The second-order valence-corrected chi connectivity index (χ2v) is 5.55. The predicted molar refractivity (Wildman–Crippen MR) is 80.1 cm³/mol. The van der Waals surface area contributed by atoms with Crippen LogP contribution in [0.25, 0.3) is 0 Å². The molecule has 1 amide bonds. The molecule has 1 rings (SSSR count). The predicted octanol–water partition coefficient (Wildman–Crippen LogP) is 4.36. The number of nitrogens with one attached hydrogen (secondary N) is 1. The molecule has 0 fully saturated rings. The van der Waals surface area contributed by atoms with Crippen LogP contribution in [0.3, 0.4) is 0 Å². The largest absolute Gasteiger partial charge is 0.444 e. The first-order chi connectivity index (χ1) is 9.62. The normalized spacial score (nSPS) is 12.1. The van der Waals surface area contributed by atoms with Gasteiger partial charge in [0.1, 0.15) is 11.4 Å². The minimum Gasteiger partial charge on any atom is -0.444 e. The summed E-state index contributed by atoms with van der Waals surface area (Å²) in [6.45, 7) is 8.61. The van der Waals surface area contributed by atoms with Crippen LogP contribution in [0.1, 0.15) is 33.8 Å². The highest BCUT2D eigenvalue weighted by Crippen LogP contribution is 2.16. The Morgan fingerprint density at radius 3 is 2.32 bits per heavy atom. The molecule has 0 saturated carbocycles. The number of carbonyl (C=O) groups excluding carboxylic acids is 1. The summed E-state index contributed by atoms with van der Waals surface area (Å²) in [6.07, 6.45) is 0.603. The maximum atomic E-state index is 13.6. The van der Waals surface area contributed by atoms with Crippen molar-refractivity contribution < 1.29 is 22.7 Å². The van der Waals surface area contributed by atoms with E-state index in [1.54, 1.807) is 20.8 Å². The molecule has 0 spiro atoms. The topological polar surface area (TPSA) is 38.3 Å². The molecule has 0 aliphatic rings. The van der Waals surface area contributed by atoms with Crippen LogP contribution in [0.4, 0.5) is 18.0 Å². The zero-order chi connectivity index (χ0) is 16.2. The SMILES string of the molecule is C.C=CC(Cc1cc(F)c(F)cc1F)NC(=O)OC(C)(C)C. The lowest BCUT2D eigenvalue weighted by atomic mass is 10.1. The summed E-state index contributed by atoms with van der Waals surface area (Å²) in [7, 11) is 0. The minimum atomic E-state index is -1.26. The Balaban J connectivity index is 0.00000441. The van der Waals surface area contributed by atoms with Gasteiger partial charge >= 0.3 is 6.09 Å². The molecule has 0 aliphatic heterocycles. The van der Waals surface area contributed by atoms with Crippen molar-refractivity contribution in [2.75, 3.05) is 0 Å². The highest BCUT2D eigenvalue weighted by atomic mass is 19.2. The quantitative estimate of drug-likeness (QED) is 0.662. The maximum Gasteiger partial charge on any atom is 0.408 e. The van der Waals surface area contributed by atoms with E-state index in [1.807, 2.05) is 0 Å². The van der Waals surface area contributed by atoms with E-state index in [0.29, 0.717) is 6.07 Å². The molecule has 6 heteroatoms. The third-order valence-corrected chi connectivity index (χ3v) is 2.52. The van der Waals surface area contributed by atoms with Gasteiger partial charge in [-0.1, -0.05) is 13.5 Å². The summed E-state index contributed by atoms with van der Waals surface area (Å²) in [4.78, 5) is 11.6. The lowest BCUT2D eigenvalue weighted by molar-refractivity contribution is 0.0514. The first kappa shape index (κ1) is 20.0. The molecule has 1 N–H and O–H groups in total. The second kappa shape index (κ2) is 7.87. The third-order valence-electron chi connectivity index (χ3n) is 2.52. The van der Waals surface area contributed by atoms with E-state index in [1.165, 1.54) is 6.08 Å². The van der Waals surface area contributed by atoms with Crippen molar-refractivity contribution in [1.82, 2.24) is 5.32 Å². The molecule has 1 aromatic carbocycles. The lowest BCUT2D eigenvalue weighted by Crippen LogP contribution is -2.39. The van der Waals surface area contributed by atoms with Gasteiger partial charge in [-0.25, -0.2) is 18.0 Å². The number of benzene rings is 1. The van der Waals surface area contributed by atoms with Gasteiger partial charge in [0.2, 0.25) is 0 Å². The Hall–Kier alpha value is -1.98. The van der Waals surface area contributed by atoms with Gasteiger partial charge in [-0.15, -0.1) is 6.58 Å². The Morgan fingerprint density at radius 1 is 1.27 bits per heavy atom. The second-order valence-electron chi connectivity index (χ2n) is 5.55. The van der Waals surface area contributed by atoms with Crippen LogP contribution in [-0.2, 0) is 11.2 Å². The molecule has 22 heavy (non-hydrogen) atoms. The number of alkyl carbamates (subject to hydrolysis) is 1. The van der Waals surface area contributed by atoms with E-state index in [-0.39, 0.29) is 19.4 Å². The van der Waals surface area contributed by atoms with Gasteiger partial charge in [0, 0.05) is 6.07 Å². The van der Waals surface area contributed by atoms with Gasteiger partial charge in [-0.2, -0.15) is 0 Å². The summed E-state index contributed by atoms with van der Waals surface area (Å²) in [5.41, 5.74) is -0.738. The molecule has 0 bridgehead atoms. The standard InChI is InChI=1S/C15H18F3NO2.CH4/c1-5-10(19-14(20)21-15(2,3)4)6-9-7-12(17)13(18)8-11(9)16;/h5,7-8,10H,1,6H2,2-4H3,(H,19,20);1H4. The Labute approximate surface area is 129 Å². The highest BCUT2D eigenvalue weighted by molar-refractivity contribution is 5.68. The summed E-state index contributed by atoms with van der Waals surface area (Å²) < 4.78 is 44.6. The first-order valence-electron chi connectivity index (χ1n) is 6.38. The number of ether oxygens (including phenoxy) is 1. The Kier molecular flexibility index (Phi) is 7.16. The van der Waals surface area contributed by atoms with Crippen molar-refractivity contribution in [1.29, 1.82) is 0 Å². The molecule has 0 aliphatic carbocycles. The van der Waals surface area contributed by atoms with Crippen molar-refractivity contribution in [2.45, 2.75) is 46.3 Å². The van der Waals surface area contributed by atoms with Gasteiger partial charge in [-0.05, 0) is 38.8 Å². The van der Waals surface area contributed by atoms with Gasteiger partial charge in [0.25, 0.3) is 0 Å². The molecule has 0 saturated heterocycles. The number of halogens is 3. The van der Waals surface area contributed by atoms with Crippen LogP contribution in [0.5, 0.6) is 0 Å².